The molecule has 0 spiro atoms. The number of halogens is 1. The summed E-state index contributed by atoms with van der Waals surface area (Å²) >= 11 is 4.79. The highest BCUT2D eigenvalue weighted by Crippen LogP contribution is 2.25. The van der Waals surface area contributed by atoms with Gasteiger partial charge in [0.25, 0.3) is 0 Å². The Hall–Kier alpha value is -0.750. The molecule has 0 radical (unpaired) electrons. The van der Waals surface area contributed by atoms with E-state index in [0.29, 0.717) is 0 Å². The van der Waals surface area contributed by atoms with E-state index in [2.05, 4.69) is 31.2 Å². The number of aryl methyl sites for hydroxylation is 1. The van der Waals surface area contributed by atoms with Crippen molar-refractivity contribution in [1.29, 1.82) is 0 Å². The molecule has 13 heavy (non-hydrogen) atoms. The second-order valence-corrected chi connectivity index (χ2v) is 4.65. The van der Waals surface area contributed by atoms with Gasteiger partial charge in [-0.15, -0.1) is 10.2 Å². The molecule has 0 aliphatic heterocycles. The van der Waals surface area contributed by atoms with E-state index < -0.39 is 0 Å². The Balaban J connectivity index is 2.45. The molecule has 0 bridgehead atoms. The lowest BCUT2D eigenvalue weighted by Gasteiger charge is -1.98. The summed E-state index contributed by atoms with van der Waals surface area (Å²) < 4.78 is 2.69. The van der Waals surface area contributed by atoms with Crippen molar-refractivity contribution in [2.45, 2.75) is 13.5 Å². The van der Waals surface area contributed by atoms with Crippen LogP contribution < -0.4 is 0 Å². The molecule has 4 nitrogen and oxygen atoms in total. The first kappa shape index (κ1) is 8.83. The van der Waals surface area contributed by atoms with Crippen LogP contribution in [-0.4, -0.2) is 20.0 Å². The van der Waals surface area contributed by atoms with Crippen LogP contribution in [-0.2, 0) is 6.54 Å². The number of hydrogen-bond donors (Lipinski definition) is 0. The van der Waals surface area contributed by atoms with E-state index in [4.69, 9.17) is 0 Å². The minimum absolute atomic E-state index is 0.798. The first-order valence-electron chi connectivity index (χ1n) is 3.82. The first-order chi connectivity index (χ1) is 6.31. The van der Waals surface area contributed by atoms with E-state index in [1.165, 1.54) is 11.3 Å². The maximum atomic E-state index is 4.16. The van der Waals surface area contributed by atoms with Crippen LogP contribution in [0, 0.1) is 0 Å². The number of nitrogens with zero attached hydrogens (tertiary/aromatic N) is 4. The molecule has 6 heteroatoms. The molecule has 0 aliphatic rings. The third kappa shape index (κ3) is 1.64. The smallest absolute Gasteiger partial charge is 0.183 e. The van der Waals surface area contributed by atoms with E-state index in [1.807, 2.05) is 17.7 Å². The molecule has 0 saturated heterocycles. The van der Waals surface area contributed by atoms with Gasteiger partial charge in [0.1, 0.15) is 0 Å². The van der Waals surface area contributed by atoms with Crippen LogP contribution in [0.2, 0.25) is 0 Å². The van der Waals surface area contributed by atoms with Gasteiger partial charge >= 0.3 is 0 Å². The zero-order chi connectivity index (χ0) is 9.26. The third-order valence-corrected chi connectivity index (χ3v) is 3.01. The molecule has 0 N–H and O–H groups in total. The molecule has 0 aromatic carbocycles. The average molecular weight is 259 g/mol. The van der Waals surface area contributed by atoms with E-state index in [9.17, 15) is 0 Å². The van der Waals surface area contributed by atoms with Crippen molar-refractivity contribution in [1.82, 2.24) is 20.0 Å². The van der Waals surface area contributed by atoms with E-state index in [0.717, 1.165) is 21.2 Å². The van der Waals surface area contributed by atoms with Gasteiger partial charge in [0.05, 0.1) is 5.69 Å². The zero-order valence-corrected chi connectivity index (χ0v) is 9.34. The Bertz CT molecular complexity index is 408. The molecule has 0 saturated carbocycles. The molecule has 2 aromatic rings. The molecule has 0 unspecified atom stereocenters. The summed E-state index contributed by atoms with van der Waals surface area (Å²) in [5, 5.41) is 13.0. The largest absolute Gasteiger partial charge is 0.263 e. The summed E-state index contributed by atoms with van der Waals surface area (Å²) in [6.45, 7) is 2.89. The van der Waals surface area contributed by atoms with Crippen LogP contribution in [0.15, 0.2) is 16.2 Å². The second kappa shape index (κ2) is 3.55. The lowest BCUT2D eigenvalue weighted by atomic mass is 10.4. The maximum absolute atomic E-state index is 4.16. The van der Waals surface area contributed by atoms with Gasteiger partial charge in [-0.2, -0.15) is 5.10 Å². The highest BCUT2D eigenvalue weighted by atomic mass is 79.9. The lowest BCUT2D eigenvalue weighted by molar-refractivity contribution is 0.666. The SMILES string of the molecule is CCn1nccc1-c1nnc(Br)s1. The van der Waals surface area contributed by atoms with Gasteiger partial charge in [0.2, 0.25) is 0 Å². The van der Waals surface area contributed by atoms with Crippen molar-refractivity contribution in [3.8, 4) is 10.7 Å². The van der Waals surface area contributed by atoms with Gasteiger partial charge in [-0.3, -0.25) is 4.68 Å². The maximum Gasteiger partial charge on any atom is 0.183 e. The van der Waals surface area contributed by atoms with Gasteiger partial charge in [-0.05, 0) is 28.9 Å². The van der Waals surface area contributed by atoms with Crippen LogP contribution in [0.3, 0.4) is 0 Å². The fourth-order valence-corrected chi connectivity index (χ4v) is 2.22. The van der Waals surface area contributed by atoms with E-state index >= 15 is 0 Å². The Labute approximate surface area is 87.7 Å². The van der Waals surface area contributed by atoms with Crippen molar-refractivity contribution in [2.75, 3.05) is 0 Å². The molecule has 0 amide bonds. The molecule has 68 valence electrons. The van der Waals surface area contributed by atoms with Gasteiger partial charge in [-0.1, -0.05) is 11.3 Å². The summed E-state index contributed by atoms with van der Waals surface area (Å²) in [5.41, 5.74) is 1.02. The minimum atomic E-state index is 0.798. The normalized spacial score (nSPS) is 10.6. The summed E-state index contributed by atoms with van der Waals surface area (Å²) in [7, 11) is 0. The fraction of sp³-hybridized carbons (Fsp3) is 0.286. The van der Waals surface area contributed by atoms with Crippen LogP contribution >= 0.6 is 27.3 Å². The van der Waals surface area contributed by atoms with Crippen LogP contribution in [0.25, 0.3) is 10.7 Å². The molecular weight excluding hydrogens is 252 g/mol. The monoisotopic (exact) mass is 258 g/mol. The molecular formula is C7H7BrN4S. The minimum Gasteiger partial charge on any atom is -0.263 e. The zero-order valence-electron chi connectivity index (χ0n) is 6.94. The highest BCUT2D eigenvalue weighted by molar-refractivity contribution is 9.11. The van der Waals surface area contributed by atoms with Crippen molar-refractivity contribution in [3.63, 3.8) is 0 Å². The number of rotatable bonds is 2. The third-order valence-electron chi connectivity index (χ3n) is 1.64. The van der Waals surface area contributed by atoms with Crippen molar-refractivity contribution in [3.05, 3.63) is 16.2 Å². The van der Waals surface area contributed by atoms with Gasteiger partial charge in [-0.25, -0.2) is 0 Å². The predicted molar refractivity (Wildman–Crippen MR) is 54.5 cm³/mol. The van der Waals surface area contributed by atoms with Crippen LogP contribution in [0.4, 0.5) is 0 Å². The quantitative estimate of drug-likeness (QED) is 0.830. The van der Waals surface area contributed by atoms with Crippen molar-refractivity contribution >= 4 is 27.3 Å². The van der Waals surface area contributed by atoms with E-state index in [-0.39, 0.29) is 0 Å². The van der Waals surface area contributed by atoms with Gasteiger partial charge in [0, 0.05) is 12.7 Å². The van der Waals surface area contributed by atoms with Crippen molar-refractivity contribution < 1.29 is 0 Å². The molecule has 0 fully saturated rings. The van der Waals surface area contributed by atoms with Crippen LogP contribution in [0.1, 0.15) is 6.92 Å². The lowest BCUT2D eigenvalue weighted by Crippen LogP contribution is -1.98. The Morgan fingerprint density at radius 2 is 2.38 bits per heavy atom. The van der Waals surface area contributed by atoms with E-state index in [1.54, 1.807) is 6.20 Å². The van der Waals surface area contributed by atoms with Gasteiger partial charge < -0.3 is 0 Å². The first-order valence-corrected chi connectivity index (χ1v) is 5.43. The summed E-state index contributed by atoms with van der Waals surface area (Å²) in [4.78, 5) is 0. The Kier molecular flexibility index (Phi) is 2.41. The summed E-state index contributed by atoms with van der Waals surface area (Å²) in [5.74, 6) is 0. The summed E-state index contributed by atoms with van der Waals surface area (Å²) in [6.07, 6.45) is 1.77. The predicted octanol–water partition coefficient (Wildman–Crippen LogP) is 2.18. The standard InChI is InChI=1S/C7H7BrN4S/c1-2-12-5(3-4-9-12)6-10-11-7(8)13-6/h3-4H,2H2,1H3. The highest BCUT2D eigenvalue weighted by Gasteiger charge is 2.08. The Morgan fingerprint density at radius 1 is 1.54 bits per heavy atom. The molecule has 2 aromatic heterocycles. The second-order valence-electron chi connectivity index (χ2n) is 2.39. The molecule has 2 heterocycles. The molecule has 0 atom stereocenters. The Morgan fingerprint density at radius 3 is 3.00 bits per heavy atom. The molecule has 2 rings (SSSR count). The van der Waals surface area contributed by atoms with Crippen molar-refractivity contribution in [2.24, 2.45) is 0 Å². The number of hydrogen-bond acceptors (Lipinski definition) is 4. The van der Waals surface area contributed by atoms with Gasteiger partial charge in [0.15, 0.2) is 8.92 Å². The molecule has 0 aliphatic carbocycles. The average Bonchev–Trinajstić information content (AvgIpc) is 2.71. The van der Waals surface area contributed by atoms with Crippen LogP contribution in [0.5, 0.6) is 0 Å². The number of aromatic nitrogens is 4. The topological polar surface area (TPSA) is 43.6 Å². The summed E-state index contributed by atoms with van der Waals surface area (Å²) in [6, 6.07) is 1.94. The fourth-order valence-electron chi connectivity index (χ4n) is 1.08.